The number of nitro groups is 1. The molecule has 21 heavy (non-hydrogen) atoms. The van der Waals surface area contributed by atoms with E-state index in [0.29, 0.717) is 11.1 Å². The van der Waals surface area contributed by atoms with Gasteiger partial charge in [0.05, 0.1) is 11.0 Å². The second-order valence-electron chi connectivity index (χ2n) is 4.65. The Bertz CT molecular complexity index is 685. The lowest BCUT2D eigenvalue weighted by Crippen LogP contribution is -1.98. The predicted molar refractivity (Wildman–Crippen MR) is 74.9 cm³/mol. The number of para-hydroxylation sites is 1. The molecular weight excluding hydrogens is 277 g/mol. The summed E-state index contributed by atoms with van der Waals surface area (Å²) >= 11 is 0. The zero-order valence-electron chi connectivity index (χ0n) is 11.5. The van der Waals surface area contributed by atoms with Gasteiger partial charge in [-0.3, -0.25) is 10.1 Å². The second kappa shape index (κ2) is 5.88. The minimum Gasteiger partial charge on any atom is -0.447 e. The summed E-state index contributed by atoms with van der Waals surface area (Å²) in [6.45, 7) is 3.16. The highest BCUT2D eigenvalue weighted by molar-refractivity contribution is 5.53. The molecule has 5 nitrogen and oxygen atoms in total. The van der Waals surface area contributed by atoms with Crippen LogP contribution in [0.5, 0.6) is 11.5 Å². The summed E-state index contributed by atoms with van der Waals surface area (Å²) in [5.74, 6) is -0.811. The Morgan fingerprint density at radius 3 is 2.62 bits per heavy atom. The lowest BCUT2D eigenvalue weighted by atomic mass is 10.1. The molecular formula is C15H14FNO4. The molecule has 1 N–H and O–H groups in total. The standard InChI is InChI=1S/C15H14FNO4/c1-9-4-3-5-13(17(19)20)15(9)21-14-7-6-11(10(2)18)8-12(14)16/h3-8,10,18H,1-2H3/t10-/m1/s1. The van der Waals surface area contributed by atoms with Crippen LogP contribution in [0.1, 0.15) is 24.2 Å². The predicted octanol–water partition coefficient (Wildman–Crippen LogP) is 3.89. The first-order chi connectivity index (χ1) is 9.90. The van der Waals surface area contributed by atoms with E-state index in [1.807, 2.05) is 0 Å². The maximum atomic E-state index is 14.0. The summed E-state index contributed by atoms with van der Waals surface area (Å²) in [6, 6.07) is 8.47. The second-order valence-corrected chi connectivity index (χ2v) is 4.65. The van der Waals surface area contributed by atoms with Crippen molar-refractivity contribution >= 4 is 5.69 Å². The summed E-state index contributed by atoms with van der Waals surface area (Å²) in [5.41, 5.74) is 0.705. The number of aliphatic hydroxyl groups excluding tert-OH is 1. The Balaban J connectivity index is 2.41. The maximum Gasteiger partial charge on any atom is 0.311 e. The number of nitrogens with zero attached hydrogens (tertiary/aromatic N) is 1. The van der Waals surface area contributed by atoms with Gasteiger partial charge in [-0.05, 0) is 37.1 Å². The summed E-state index contributed by atoms with van der Waals surface area (Å²) < 4.78 is 19.3. The van der Waals surface area contributed by atoms with Crippen LogP contribution in [-0.2, 0) is 0 Å². The van der Waals surface area contributed by atoms with E-state index in [1.165, 1.54) is 31.2 Å². The quantitative estimate of drug-likeness (QED) is 0.685. The maximum absolute atomic E-state index is 14.0. The van der Waals surface area contributed by atoms with E-state index < -0.39 is 16.8 Å². The molecule has 0 unspecified atom stereocenters. The summed E-state index contributed by atoms with van der Waals surface area (Å²) in [6.07, 6.45) is -0.804. The van der Waals surface area contributed by atoms with Crippen molar-refractivity contribution in [2.75, 3.05) is 0 Å². The van der Waals surface area contributed by atoms with Crippen molar-refractivity contribution in [3.63, 3.8) is 0 Å². The topological polar surface area (TPSA) is 72.6 Å². The Labute approximate surface area is 120 Å². The van der Waals surface area contributed by atoms with E-state index in [9.17, 15) is 19.6 Å². The van der Waals surface area contributed by atoms with Crippen LogP contribution in [0, 0.1) is 22.9 Å². The molecule has 0 fully saturated rings. The van der Waals surface area contributed by atoms with Crippen LogP contribution >= 0.6 is 0 Å². The molecule has 110 valence electrons. The van der Waals surface area contributed by atoms with Crippen LogP contribution in [0.15, 0.2) is 36.4 Å². The molecule has 0 saturated carbocycles. The fourth-order valence-corrected chi connectivity index (χ4v) is 1.88. The molecule has 0 radical (unpaired) electrons. The normalized spacial score (nSPS) is 12.0. The Morgan fingerprint density at radius 2 is 2.05 bits per heavy atom. The van der Waals surface area contributed by atoms with Gasteiger partial charge < -0.3 is 9.84 Å². The van der Waals surface area contributed by atoms with Crippen LogP contribution in [0.2, 0.25) is 0 Å². The van der Waals surface area contributed by atoms with Crippen molar-refractivity contribution in [3.8, 4) is 11.5 Å². The SMILES string of the molecule is Cc1cccc([N+](=O)[O-])c1Oc1ccc([C@@H](C)O)cc1F. The fourth-order valence-electron chi connectivity index (χ4n) is 1.88. The van der Waals surface area contributed by atoms with Crippen molar-refractivity contribution in [1.29, 1.82) is 0 Å². The summed E-state index contributed by atoms with van der Waals surface area (Å²) in [7, 11) is 0. The van der Waals surface area contributed by atoms with Crippen molar-refractivity contribution in [3.05, 3.63) is 63.5 Å². The van der Waals surface area contributed by atoms with Crippen LogP contribution in [0.4, 0.5) is 10.1 Å². The van der Waals surface area contributed by atoms with Gasteiger partial charge in [-0.15, -0.1) is 0 Å². The number of aliphatic hydroxyl groups is 1. The van der Waals surface area contributed by atoms with Crippen molar-refractivity contribution < 1.29 is 19.2 Å². The molecule has 0 saturated heterocycles. The van der Waals surface area contributed by atoms with Crippen molar-refractivity contribution in [1.82, 2.24) is 0 Å². The molecule has 2 aromatic carbocycles. The minimum atomic E-state index is -0.804. The third-order valence-electron chi connectivity index (χ3n) is 3.04. The Kier molecular flexibility index (Phi) is 4.18. The molecule has 6 heteroatoms. The van der Waals surface area contributed by atoms with E-state index >= 15 is 0 Å². The summed E-state index contributed by atoms with van der Waals surface area (Å²) in [4.78, 5) is 10.4. The van der Waals surface area contributed by atoms with Gasteiger partial charge in [0.2, 0.25) is 5.75 Å². The number of nitro benzene ring substituents is 1. The molecule has 0 aromatic heterocycles. The summed E-state index contributed by atoms with van der Waals surface area (Å²) in [5, 5.41) is 20.4. The van der Waals surface area contributed by atoms with Gasteiger partial charge >= 0.3 is 5.69 Å². The van der Waals surface area contributed by atoms with Gasteiger partial charge in [-0.25, -0.2) is 4.39 Å². The molecule has 0 aliphatic carbocycles. The number of halogens is 1. The number of benzene rings is 2. The number of rotatable bonds is 4. The van der Waals surface area contributed by atoms with Crippen LogP contribution in [0.25, 0.3) is 0 Å². The average Bonchev–Trinajstić information content (AvgIpc) is 2.42. The third kappa shape index (κ3) is 3.17. The molecule has 0 aliphatic rings. The van der Waals surface area contributed by atoms with E-state index in [2.05, 4.69) is 0 Å². The van der Waals surface area contributed by atoms with Crippen molar-refractivity contribution in [2.24, 2.45) is 0 Å². The lowest BCUT2D eigenvalue weighted by Gasteiger charge is -2.11. The molecule has 1 atom stereocenters. The first-order valence-electron chi connectivity index (χ1n) is 6.29. The zero-order valence-corrected chi connectivity index (χ0v) is 11.5. The van der Waals surface area contributed by atoms with Gasteiger partial charge in [0.25, 0.3) is 0 Å². The van der Waals surface area contributed by atoms with Gasteiger partial charge in [-0.1, -0.05) is 18.2 Å². The largest absolute Gasteiger partial charge is 0.447 e. The van der Waals surface area contributed by atoms with E-state index in [1.54, 1.807) is 13.0 Å². The van der Waals surface area contributed by atoms with Crippen LogP contribution < -0.4 is 4.74 Å². The number of hydrogen-bond acceptors (Lipinski definition) is 4. The lowest BCUT2D eigenvalue weighted by molar-refractivity contribution is -0.385. The molecule has 2 aromatic rings. The molecule has 0 aliphatic heterocycles. The Hall–Kier alpha value is -2.47. The highest BCUT2D eigenvalue weighted by atomic mass is 19.1. The van der Waals surface area contributed by atoms with E-state index in [-0.39, 0.29) is 17.2 Å². The smallest absolute Gasteiger partial charge is 0.311 e. The average molecular weight is 291 g/mol. The molecule has 0 bridgehead atoms. The number of aryl methyl sites for hydroxylation is 1. The van der Waals surface area contributed by atoms with Crippen molar-refractivity contribution in [2.45, 2.75) is 20.0 Å². The minimum absolute atomic E-state index is 0.00574. The molecule has 2 rings (SSSR count). The number of ether oxygens (including phenoxy) is 1. The van der Waals surface area contributed by atoms with Gasteiger partial charge in [0.1, 0.15) is 0 Å². The van der Waals surface area contributed by atoms with Crippen LogP contribution in [0.3, 0.4) is 0 Å². The van der Waals surface area contributed by atoms with E-state index in [0.717, 1.165) is 6.07 Å². The van der Waals surface area contributed by atoms with Crippen LogP contribution in [-0.4, -0.2) is 10.0 Å². The Morgan fingerprint density at radius 1 is 1.33 bits per heavy atom. The zero-order chi connectivity index (χ0) is 15.6. The molecule has 0 spiro atoms. The molecule has 0 heterocycles. The fraction of sp³-hybridized carbons (Fsp3) is 0.200. The molecule has 0 amide bonds. The van der Waals surface area contributed by atoms with E-state index in [4.69, 9.17) is 4.74 Å². The van der Waals surface area contributed by atoms with Gasteiger partial charge in [0.15, 0.2) is 11.6 Å². The van der Waals surface area contributed by atoms with Gasteiger partial charge in [0, 0.05) is 6.07 Å². The third-order valence-corrected chi connectivity index (χ3v) is 3.04. The number of hydrogen-bond donors (Lipinski definition) is 1. The van der Waals surface area contributed by atoms with Gasteiger partial charge in [-0.2, -0.15) is 0 Å². The monoisotopic (exact) mass is 291 g/mol. The highest BCUT2D eigenvalue weighted by Crippen LogP contribution is 2.35. The first-order valence-corrected chi connectivity index (χ1v) is 6.29. The first kappa shape index (κ1) is 14.9. The highest BCUT2D eigenvalue weighted by Gasteiger charge is 2.19.